The van der Waals surface area contributed by atoms with Crippen LogP contribution in [-0.4, -0.2) is 55.3 Å². The van der Waals surface area contributed by atoms with Crippen LogP contribution in [0.2, 0.25) is 0 Å². The Bertz CT molecular complexity index is 585. The number of carboxylic acids is 1. The van der Waals surface area contributed by atoms with Crippen molar-refractivity contribution in [2.75, 3.05) is 33.4 Å². The summed E-state index contributed by atoms with van der Waals surface area (Å²) in [6.45, 7) is 1.52. The average molecular weight is 305 g/mol. The third-order valence-electron chi connectivity index (χ3n) is 4.76. The molecule has 2 aliphatic rings. The number of carbonyl (C=O) groups is 2. The van der Waals surface area contributed by atoms with Crippen molar-refractivity contribution in [2.24, 2.45) is 11.3 Å². The summed E-state index contributed by atoms with van der Waals surface area (Å²) in [5, 5.41) is 9.63. The van der Waals surface area contributed by atoms with Gasteiger partial charge >= 0.3 is 5.97 Å². The van der Waals surface area contributed by atoms with Crippen molar-refractivity contribution in [1.29, 1.82) is 0 Å². The average Bonchev–Trinajstić information content (AvgIpc) is 2.95. The summed E-state index contributed by atoms with van der Waals surface area (Å²) in [5.41, 5.74) is -0.318. The normalized spacial score (nSPS) is 27.3. The van der Waals surface area contributed by atoms with Crippen molar-refractivity contribution < 1.29 is 24.2 Å². The van der Waals surface area contributed by atoms with Crippen LogP contribution in [0.3, 0.4) is 0 Å². The molecule has 3 rings (SSSR count). The van der Waals surface area contributed by atoms with Gasteiger partial charge in [-0.3, -0.25) is 9.59 Å². The number of fused-ring (bicyclic) bond motifs is 1. The maximum absolute atomic E-state index is 12.6. The van der Waals surface area contributed by atoms with Gasteiger partial charge in [0.05, 0.1) is 19.1 Å². The summed E-state index contributed by atoms with van der Waals surface area (Å²) in [6, 6.07) is 6.86. The summed E-state index contributed by atoms with van der Waals surface area (Å²) < 4.78 is 10.5. The molecule has 118 valence electrons. The van der Waals surface area contributed by atoms with Gasteiger partial charge < -0.3 is 19.5 Å². The molecular weight excluding hydrogens is 286 g/mol. The molecule has 2 aliphatic heterocycles. The second-order valence-corrected chi connectivity index (χ2v) is 5.90. The van der Waals surface area contributed by atoms with E-state index in [1.54, 1.807) is 36.3 Å². The summed E-state index contributed by atoms with van der Waals surface area (Å²) in [4.78, 5) is 26.0. The van der Waals surface area contributed by atoms with E-state index < -0.39 is 11.4 Å². The van der Waals surface area contributed by atoms with Crippen LogP contribution in [0.25, 0.3) is 0 Å². The predicted molar refractivity (Wildman–Crippen MR) is 77.9 cm³/mol. The predicted octanol–water partition coefficient (Wildman–Crippen LogP) is 1.26. The number of hydrogen-bond donors (Lipinski definition) is 1. The number of aliphatic carboxylic acids is 1. The van der Waals surface area contributed by atoms with Crippen LogP contribution in [0.4, 0.5) is 0 Å². The molecule has 6 nitrogen and oxygen atoms in total. The molecule has 0 aliphatic carbocycles. The van der Waals surface area contributed by atoms with Gasteiger partial charge in [0.1, 0.15) is 5.75 Å². The van der Waals surface area contributed by atoms with E-state index in [1.165, 1.54) is 0 Å². The maximum Gasteiger partial charge on any atom is 0.311 e. The Morgan fingerprint density at radius 2 is 2.09 bits per heavy atom. The zero-order valence-electron chi connectivity index (χ0n) is 12.4. The first kappa shape index (κ1) is 14.8. The Hall–Kier alpha value is -2.08. The Balaban J connectivity index is 1.80. The van der Waals surface area contributed by atoms with E-state index in [1.807, 2.05) is 0 Å². The fourth-order valence-electron chi connectivity index (χ4n) is 3.37. The van der Waals surface area contributed by atoms with Gasteiger partial charge in [0, 0.05) is 31.2 Å². The number of carboxylic acid groups (broad SMARTS) is 1. The van der Waals surface area contributed by atoms with Crippen molar-refractivity contribution in [2.45, 2.75) is 6.42 Å². The molecule has 6 heteroatoms. The lowest BCUT2D eigenvalue weighted by Crippen LogP contribution is -2.45. The van der Waals surface area contributed by atoms with Crippen LogP contribution in [0.15, 0.2) is 24.3 Å². The van der Waals surface area contributed by atoms with Crippen LogP contribution in [0.5, 0.6) is 5.75 Å². The van der Waals surface area contributed by atoms with Crippen molar-refractivity contribution in [3.8, 4) is 5.75 Å². The van der Waals surface area contributed by atoms with Crippen molar-refractivity contribution >= 4 is 11.9 Å². The monoisotopic (exact) mass is 305 g/mol. The van der Waals surface area contributed by atoms with E-state index in [9.17, 15) is 14.7 Å². The molecule has 0 unspecified atom stereocenters. The molecule has 22 heavy (non-hydrogen) atoms. The Labute approximate surface area is 128 Å². The first-order valence-corrected chi connectivity index (χ1v) is 7.31. The third kappa shape index (κ3) is 2.33. The fraction of sp³-hybridized carbons (Fsp3) is 0.500. The highest BCUT2D eigenvalue weighted by atomic mass is 16.5. The minimum Gasteiger partial charge on any atom is -0.497 e. The smallest absolute Gasteiger partial charge is 0.311 e. The van der Waals surface area contributed by atoms with Gasteiger partial charge in [-0.2, -0.15) is 0 Å². The van der Waals surface area contributed by atoms with Gasteiger partial charge in [0.25, 0.3) is 5.91 Å². The van der Waals surface area contributed by atoms with Crippen LogP contribution >= 0.6 is 0 Å². The first-order chi connectivity index (χ1) is 10.6. The number of carbonyl (C=O) groups excluding carboxylic acids is 1. The molecule has 1 aromatic rings. The summed E-state index contributed by atoms with van der Waals surface area (Å²) in [7, 11) is 1.57. The van der Waals surface area contributed by atoms with Gasteiger partial charge in [0.15, 0.2) is 0 Å². The number of nitrogens with zero attached hydrogens (tertiary/aromatic N) is 1. The van der Waals surface area contributed by atoms with Crippen molar-refractivity contribution in [1.82, 2.24) is 4.90 Å². The number of ether oxygens (including phenoxy) is 2. The molecule has 2 atom stereocenters. The highest BCUT2D eigenvalue weighted by Gasteiger charge is 2.54. The van der Waals surface area contributed by atoms with Crippen molar-refractivity contribution in [3.05, 3.63) is 29.8 Å². The standard InChI is InChI=1S/C16H19NO5/c1-21-13-4-2-11(3-5-13)14(18)17-8-12-9-22-7-6-16(12,10-17)15(19)20/h2-5,12H,6-10H2,1H3,(H,19,20)/t12-,16+/m0/s1. The molecule has 1 amide bonds. The molecule has 0 spiro atoms. The van der Waals surface area contributed by atoms with Gasteiger partial charge in [0.2, 0.25) is 0 Å². The molecule has 0 bridgehead atoms. The number of likely N-dealkylation sites (tertiary alicyclic amines) is 1. The van der Waals surface area contributed by atoms with E-state index in [0.717, 1.165) is 0 Å². The summed E-state index contributed by atoms with van der Waals surface area (Å²) in [5.74, 6) is -0.425. The number of methoxy groups -OCH3 is 1. The second kappa shape index (κ2) is 5.61. The van der Waals surface area contributed by atoms with E-state index in [4.69, 9.17) is 9.47 Å². The fourth-order valence-corrected chi connectivity index (χ4v) is 3.37. The molecular formula is C16H19NO5. The van der Waals surface area contributed by atoms with Crippen molar-refractivity contribution in [3.63, 3.8) is 0 Å². The lowest BCUT2D eigenvalue weighted by Gasteiger charge is -2.33. The minimum atomic E-state index is -0.861. The van der Waals surface area contributed by atoms with Gasteiger partial charge in [-0.25, -0.2) is 0 Å². The number of amides is 1. The van der Waals surface area contributed by atoms with Gasteiger partial charge in [-0.15, -0.1) is 0 Å². The van der Waals surface area contributed by atoms with Crippen LogP contribution in [-0.2, 0) is 9.53 Å². The quantitative estimate of drug-likeness (QED) is 0.910. The molecule has 0 aromatic heterocycles. The van der Waals surface area contributed by atoms with Crippen LogP contribution in [0, 0.1) is 11.3 Å². The number of benzene rings is 1. The Kier molecular flexibility index (Phi) is 3.78. The van der Waals surface area contributed by atoms with E-state index >= 15 is 0 Å². The van der Waals surface area contributed by atoms with Crippen LogP contribution in [0.1, 0.15) is 16.8 Å². The molecule has 0 saturated carbocycles. The van der Waals surface area contributed by atoms with Gasteiger partial charge in [-0.1, -0.05) is 0 Å². The van der Waals surface area contributed by atoms with Crippen LogP contribution < -0.4 is 4.74 Å². The maximum atomic E-state index is 12.6. The van der Waals surface area contributed by atoms with E-state index in [2.05, 4.69) is 0 Å². The minimum absolute atomic E-state index is 0.138. The SMILES string of the molecule is COc1ccc(C(=O)N2C[C@H]3COCC[C@@]3(C(=O)O)C2)cc1. The zero-order valence-corrected chi connectivity index (χ0v) is 12.4. The zero-order chi connectivity index (χ0) is 15.7. The molecule has 0 radical (unpaired) electrons. The molecule has 2 saturated heterocycles. The summed E-state index contributed by atoms with van der Waals surface area (Å²) in [6.07, 6.45) is 0.458. The lowest BCUT2D eigenvalue weighted by atomic mass is 9.74. The summed E-state index contributed by atoms with van der Waals surface area (Å²) >= 11 is 0. The number of hydrogen-bond acceptors (Lipinski definition) is 4. The molecule has 2 fully saturated rings. The highest BCUT2D eigenvalue weighted by Crippen LogP contribution is 2.42. The largest absolute Gasteiger partial charge is 0.497 e. The highest BCUT2D eigenvalue weighted by molar-refractivity contribution is 5.95. The second-order valence-electron chi connectivity index (χ2n) is 5.90. The molecule has 1 N–H and O–H groups in total. The lowest BCUT2D eigenvalue weighted by molar-refractivity contribution is -0.157. The molecule has 1 aromatic carbocycles. The molecule has 2 heterocycles. The number of rotatable bonds is 3. The topological polar surface area (TPSA) is 76.1 Å². The van der Waals surface area contributed by atoms with E-state index in [-0.39, 0.29) is 18.4 Å². The Morgan fingerprint density at radius 3 is 2.68 bits per heavy atom. The Morgan fingerprint density at radius 1 is 1.36 bits per heavy atom. The third-order valence-corrected chi connectivity index (χ3v) is 4.76. The first-order valence-electron chi connectivity index (χ1n) is 7.31. The van der Waals surface area contributed by atoms with E-state index in [0.29, 0.717) is 37.5 Å². The van der Waals surface area contributed by atoms with Gasteiger partial charge in [-0.05, 0) is 30.7 Å².